The number of fused-ring (bicyclic) bond motifs is 2. The third-order valence-corrected chi connectivity index (χ3v) is 10.6. The number of oxime groups is 1. The molecule has 6 rings (SSSR count). The summed E-state index contributed by atoms with van der Waals surface area (Å²) in [4.78, 5) is 61.0. The number of aliphatic carboxylic acids is 2. The van der Waals surface area contributed by atoms with Crippen LogP contribution in [-0.2, 0) is 37.1 Å². The Morgan fingerprint density at radius 2 is 1.98 bits per heavy atom. The summed E-state index contributed by atoms with van der Waals surface area (Å²) in [6, 6.07) is 10.5. The van der Waals surface area contributed by atoms with E-state index in [0.29, 0.717) is 31.0 Å². The number of thiazole rings is 1. The lowest BCUT2D eigenvalue weighted by atomic mass is 10.0. The zero-order valence-corrected chi connectivity index (χ0v) is 30.2. The minimum Gasteiger partial charge on any atom is -0.543 e. The van der Waals surface area contributed by atoms with Crippen molar-refractivity contribution in [2.75, 3.05) is 24.6 Å². The highest BCUT2D eigenvalue weighted by Gasteiger charge is 2.53. The summed E-state index contributed by atoms with van der Waals surface area (Å²) in [7, 11) is 0. The molecule has 2 aliphatic rings. The molecule has 5 heterocycles. The van der Waals surface area contributed by atoms with E-state index in [1.54, 1.807) is 0 Å². The molecule has 0 radical (unpaired) electrons. The second kappa shape index (κ2) is 15.1. The highest BCUT2D eigenvalue weighted by Crippen LogP contribution is 2.40. The van der Waals surface area contributed by atoms with Crippen LogP contribution in [0.2, 0.25) is 0 Å². The number of pyridine rings is 1. The summed E-state index contributed by atoms with van der Waals surface area (Å²) in [5.74, 6) is -3.84. The predicted octanol–water partition coefficient (Wildman–Crippen LogP) is -0.423. The van der Waals surface area contributed by atoms with Crippen LogP contribution in [0.15, 0.2) is 76.8 Å². The Labute approximate surface area is 310 Å². The molecule has 1 aromatic carbocycles. The second-order valence-electron chi connectivity index (χ2n) is 12.7. The number of β-lactam (4-membered cyclic amide) rings is 1. The van der Waals surface area contributed by atoms with Crippen molar-refractivity contribution < 1.29 is 38.8 Å². The standard InChI is InChI=1S/C34H36N10O7S2/c1-34(2,32(49)50)51-41-24(22-17-53-33(37)39-22)28(45)40-25-29(46)44-26(31(47)48)21(16-52-30(25)44)15-42-11-8-23-20(14-42)7-12-43(23)13-18-3-5-19(6-4-18)27(36)38-10-9-35/h3-8,11-12,14,17,25,30H,9-10,13,15-16,35H2,1-2H3,(H6-,36,37,38,39,40,45,47,48,49,50)/t25-,30-/m1/s1. The maximum absolute atomic E-state index is 13.4. The number of amides is 2. The largest absolute Gasteiger partial charge is 0.543 e. The number of nitrogens with zero attached hydrogens (tertiary/aromatic N) is 5. The van der Waals surface area contributed by atoms with Crippen molar-refractivity contribution in [1.29, 1.82) is 5.41 Å². The molecule has 2 amide bonds. The molecular formula is C34H36N10O7S2. The van der Waals surface area contributed by atoms with Gasteiger partial charge in [-0.1, -0.05) is 29.4 Å². The van der Waals surface area contributed by atoms with E-state index < -0.39 is 46.5 Å². The molecule has 1 fully saturated rings. The van der Waals surface area contributed by atoms with E-state index in [-0.39, 0.29) is 28.8 Å². The van der Waals surface area contributed by atoms with Gasteiger partial charge in [-0.15, -0.1) is 23.1 Å². The van der Waals surface area contributed by atoms with Gasteiger partial charge in [-0.3, -0.25) is 19.9 Å². The molecule has 8 N–H and O–H groups in total. The maximum Gasteiger partial charge on any atom is 0.350 e. The Bertz CT molecular complexity index is 2180. The Morgan fingerprint density at radius 1 is 1.23 bits per heavy atom. The Hall–Kier alpha value is -5.79. The molecule has 0 bridgehead atoms. The molecule has 0 unspecified atom stereocenters. The number of nitrogens with two attached hydrogens (primary N) is 2. The van der Waals surface area contributed by atoms with Gasteiger partial charge in [0.25, 0.3) is 11.8 Å². The number of benzene rings is 1. The van der Waals surface area contributed by atoms with E-state index in [0.717, 1.165) is 38.3 Å². The van der Waals surface area contributed by atoms with Gasteiger partial charge >= 0.3 is 5.97 Å². The highest BCUT2D eigenvalue weighted by molar-refractivity contribution is 8.00. The van der Waals surface area contributed by atoms with Crippen LogP contribution in [-0.4, -0.2) is 90.7 Å². The molecule has 53 heavy (non-hydrogen) atoms. The monoisotopic (exact) mass is 760 g/mol. The van der Waals surface area contributed by atoms with Crippen molar-refractivity contribution in [2.45, 2.75) is 44.0 Å². The molecule has 276 valence electrons. The van der Waals surface area contributed by atoms with E-state index in [2.05, 4.69) is 25.3 Å². The number of carbonyl (C=O) groups is 4. The van der Waals surface area contributed by atoms with Gasteiger partial charge < -0.3 is 46.5 Å². The first-order valence-electron chi connectivity index (χ1n) is 16.3. The smallest absolute Gasteiger partial charge is 0.350 e. The van der Waals surface area contributed by atoms with Gasteiger partial charge in [-0.25, -0.2) is 14.3 Å². The molecule has 2 aliphatic heterocycles. The average molecular weight is 761 g/mol. The number of hydrogen-bond donors (Lipinski definition) is 6. The Kier molecular flexibility index (Phi) is 10.5. The summed E-state index contributed by atoms with van der Waals surface area (Å²) < 4.78 is 3.93. The summed E-state index contributed by atoms with van der Waals surface area (Å²) in [5, 5.41) is 41.0. The summed E-state index contributed by atoms with van der Waals surface area (Å²) in [6.07, 6.45) is 5.70. The van der Waals surface area contributed by atoms with Gasteiger partial charge in [0.1, 0.15) is 22.9 Å². The Morgan fingerprint density at radius 3 is 2.64 bits per heavy atom. The number of carbonyl (C=O) groups excluding carboxylic acids is 3. The first kappa shape index (κ1) is 37.0. The second-order valence-corrected chi connectivity index (χ2v) is 14.7. The molecule has 17 nitrogen and oxygen atoms in total. The molecule has 1 saturated heterocycles. The number of thioether (sulfide) groups is 1. The van der Waals surface area contributed by atoms with Crippen LogP contribution < -0.4 is 31.8 Å². The zero-order chi connectivity index (χ0) is 38.0. The van der Waals surface area contributed by atoms with Crippen molar-refractivity contribution in [1.82, 2.24) is 25.1 Å². The van der Waals surface area contributed by atoms with Gasteiger partial charge in [0.05, 0.1) is 22.6 Å². The zero-order valence-electron chi connectivity index (χ0n) is 28.6. The number of carboxylic acids is 2. The molecule has 0 aliphatic carbocycles. The number of rotatable bonds is 14. The summed E-state index contributed by atoms with van der Waals surface area (Å²) in [6.45, 7) is 4.23. The number of hydrogen-bond acceptors (Lipinski definition) is 13. The minimum atomic E-state index is -1.78. The SMILES string of the molecule is CC(C)(ON=C(C(=O)N[C@@H]1C(=O)N2C(C(=O)[O-])=C(C[n+]3ccc4c(ccn4Cc4ccc(C(=N)NCCN)cc4)c3)CS[C@H]12)c1csc(N)n1)C(=O)O. The fourth-order valence-electron chi connectivity index (χ4n) is 5.72. The van der Waals surface area contributed by atoms with Gasteiger partial charge in [-0.2, -0.15) is 0 Å². The van der Waals surface area contributed by atoms with E-state index in [9.17, 15) is 29.4 Å². The van der Waals surface area contributed by atoms with Crippen LogP contribution in [0.3, 0.4) is 0 Å². The lowest BCUT2D eigenvalue weighted by Gasteiger charge is -2.50. The summed E-state index contributed by atoms with van der Waals surface area (Å²) in [5.41, 5.74) is 12.1. The van der Waals surface area contributed by atoms with Gasteiger partial charge in [-0.05, 0) is 25.5 Å². The third kappa shape index (κ3) is 7.71. The minimum absolute atomic E-state index is 0.0105. The maximum atomic E-state index is 13.4. The first-order valence-corrected chi connectivity index (χ1v) is 18.2. The van der Waals surface area contributed by atoms with Crippen LogP contribution in [0.4, 0.5) is 5.13 Å². The average Bonchev–Trinajstić information content (AvgIpc) is 3.74. The fourth-order valence-corrected chi connectivity index (χ4v) is 7.61. The predicted molar refractivity (Wildman–Crippen MR) is 194 cm³/mol. The molecule has 0 saturated carbocycles. The van der Waals surface area contributed by atoms with Crippen molar-refractivity contribution in [2.24, 2.45) is 10.9 Å². The van der Waals surface area contributed by atoms with Crippen molar-refractivity contribution in [3.05, 3.63) is 88.5 Å². The molecule has 4 aromatic rings. The normalized spacial score (nSPS) is 17.3. The van der Waals surface area contributed by atoms with Crippen molar-refractivity contribution in [3.8, 4) is 0 Å². The molecule has 2 atom stereocenters. The topological polar surface area (TPSA) is 258 Å². The quantitative estimate of drug-likeness (QED) is 0.0315. The van der Waals surface area contributed by atoms with Crippen LogP contribution in [0.1, 0.15) is 30.7 Å². The summed E-state index contributed by atoms with van der Waals surface area (Å²) >= 11 is 2.30. The number of carboxylic acid groups (broad SMARTS) is 2. The van der Waals surface area contributed by atoms with Crippen molar-refractivity contribution in [3.63, 3.8) is 0 Å². The highest BCUT2D eigenvalue weighted by atomic mass is 32.2. The number of amidine groups is 1. The number of nitrogens with one attached hydrogen (secondary N) is 3. The lowest BCUT2D eigenvalue weighted by molar-refractivity contribution is -0.687. The lowest BCUT2D eigenvalue weighted by Crippen LogP contribution is -2.71. The van der Waals surface area contributed by atoms with Crippen LogP contribution >= 0.6 is 23.1 Å². The van der Waals surface area contributed by atoms with E-state index in [4.69, 9.17) is 21.7 Å². The molecule has 19 heteroatoms. The fraction of sp³-hybridized carbons (Fsp3) is 0.294. The number of aromatic nitrogens is 3. The number of nitrogen functional groups attached to an aromatic ring is 1. The van der Waals surface area contributed by atoms with Gasteiger partial charge in [0.15, 0.2) is 29.8 Å². The molecule has 3 aromatic heterocycles. The van der Waals surface area contributed by atoms with Crippen LogP contribution in [0.5, 0.6) is 0 Å². The number of anilines is 1. The van der Waals surface area contributed by atoms with Crippen molar-refractivity contribution >= 4 is 74.4 Å². The molecular weight excluding hydrogens is 725 g/mol. The third-order valence-electron chi connectivity index (χ3n) is 8.57. The van der Waals surface area contributed by atoms with Gasteiger partial charge in [0.2, 0.25) is 5.60 Å². The van der Waals surface area contributed by atoms with E-state index in [1.165, 1.54) is 31.0 Å². The first-order chi connectivity index (χ1) is 25.3. The van der Waals surface area contributed by atoms with E-state index in [1.807, 2.05) is 59.6 Å². The van der Waals surface area contributed by atoms with Crippen LogP contribution in [0, 0.1) is 5.41 Å². The van der Waals surface area contributed by atoms with E-state index >= 15 is 0 Å². The van der Waals surface area contributed by atoms with Crippen LogP contribution in [0.25, 0.3) is 10.9 Å². The Balaban J connectivity index is 1.15. The molecule has 0 spiro atoms. The van der Waals surface area contributed by atoms with Gasteiger partial charge in [0, 0.05) is 54.2 Å².